The first-order valence-corrected chi connectivity index (χ1v) is 16.3. The maximum atomic E-state index is 2.59. The summed E-state index contributed by atoms with van der Waals surface area (Å²) in [6, 6.07) is 18.5. The van der Waals surface area contributed by atoms with E-state index in [4.69, 9.17) is 0 Å². The third-order valence-corrected chi connectivity index (χ3v) is 19.8. The molecule has 0 amide bonds. The van der Waals surface area contributed by atoms with Gasteiger partial charge in [-0.15, -0.1) is 24.8 Å². The maximum absolute atomic E-state index is 2.59. The number of allylic oxidation sites excluding steroid dienone is 4. The Morgan fingerprint density at radius 2 is 1.00 bits per heavy atom. The van der Waals surface area contributed by atoms with Crippen LogP contribution in [0.3, 0.4) is 0 Å². The monoisotopic (exact) mass is 464 g/mol. The molecule has 0 nitrogen and oxygen atoms in total. The molecule has 0 aromatic heterocycles. The van der Waals surface area contributed by atoms with Crippen LogP contribution in [0.25, 0.3) is 11.1 Å². The van der Waals surface area contributed by atoms with Crippen LogP contribution in [0.2, 0.25) is 13.1 Å². The number of benzene rings is 2. The summed E-state index contributed by atoms with van der Waals surface area (Å²) in [6.07, 6.45) is -0.335. The van der Waals surface area contributed by atoms with E-state index in [0.29, 0.717) is 0 Å². The normalized spacial score (nSPS) is 19.6. The molecule has 2 aromatic rings. The van der Waals surface area contributed by atoms with Crippen molar-refractivity contribution in [3.8, 4) is 0 Å². The zero-order valence-electron chi connectivity index (χ0n) is 17.6. The summed E-state index contributed by atoms with van der Waals surface area (Å²) in [5.41, 5.74) is 12.7. The average molecular weight is 465 g/mol. The van der Waals surface area contributed by atoms with Crippen molar-refractivity contribution in [2.24, 2.45) is 0 Å². The van der Waals surface area contributed by atoms with Gasteiger partial charge < -0.3 is 0 Å². The number of hydrogen-bond acceptors (Lipinski definition) is 0. The molecular formula is C24H30Cl2SiTi. The summed E-state index contributed by atoms with van der Waals surface area (Å²) < 4.78 is 1.46. The largest absolute Gasteiger partial charge is 0.147 e. The van der Waals surface area contributed by atoms with E-state index in [1.54, 1.807) is 33.4 Å². The molecule has 0 spiro atoms. The van der Waals surface area contributed by atoms with Gasteiger partial charge in [0.25, 0.3) is 0 Å². The summed E-state index contributed by atoms with van der Waals surface area (Å²) in [6.45, 7) is 14.7. The van der Waals surface area contributed by atoms with Gasteiger partial charge in [0.05, 0.1) is 0 Å². The molecule has 4 rings (SSSR count). The molecule has 2 aliphatic carbocycles. The molecule has 28 heavy (non-hydrogen) atoms. The molecule has 0 radical (unpaired) electrons. The minimum Gasteiger partial charge on any atom is -0.147 e. The van der Waals surface area contributed by atoms with E-state index < -0.39 is 16.6 Å². The van der Waals surface area contributed by atoms with Crippen molar-refractivity contribution in [2.45, 2.75) is 49.2 Å². The van der Waals surface area contributed by atoms with E-state index >= 15 is 0 Å². The number of rotatable bonds is 2. The van der Waals surface area contributed by atoms with Crippen molar-refractivity contribution in [3.63, 3.8) is 0 Å². The SMILES string of the molecule is CC1=C(C)[CH]([Ti]([CH]2C(C)=C(C)c3ccccc32)=[Si](C)C)c2ccccc21.Cl.Cl. The minimum atomic E-state index is -1.45. The average Bonchev–Trinajstić information content (AvgIpc) is 3.03. The summed E-state index contributed by atoms with van der Waals surface area (Å²) in [4.78, 5) is 0. The van der Waals surface area contributed by atoms with Crippen LogP contribution in [0.4, 0.5) is 0 Å². The summed E-state index contributed by atoms with van der Waals surface area (Å²) in [7, 11) is 0. The van der Waals surface area contributed by atoms with Crippen molar-refractivity contribution in [1.29, 1.82) is 0 Å². The predicted octanol–water partition coefficient (Wildman–Crippen LogP) is 7.80. The van der Waals surface area contributed by atoms with Gasteiger partial charge >= 0.3 is 165 Å². The molecule has 0 heterocycles. The molecule has 2 aromatic carbocycles. The predicted molar refractivity (Wildman–Crippen MR) is 127 cm³/mol. The van der Waals surface area contributed by atoms with Gasteiger partial charge in [-0.05, 0) is 0 Å². The van der Waals surface area contributed by atoms with Crippen molar-refractivity contribution in [1.82, 2.24) is 0 Å². The Hall–Kier alpha value is -0.569. The van der Waals surface area contributed by atoms with Crippen LogP contribution in [0.1, 0.15) is 58.4 Å². The molecule has 0 saturated carbocycles. The van der Waals surface area contributed by atoms with Crippen molar-refractivity contribution in [3.05, 3.63) is 81.9 Å². The van der Waals surface area contributed by atoms with Crippen molar-refractivity contribution in [2.75, 3.05) is 0 Å². The zero-order chi connectivity index (χ0) is 18.6. The Bertz CT molecular complexity index is 937. The quantitative estimate of drug-likeness (QED) is 0.397. The van der Waals surface area contributed by atoms with Gasteiger partial charge in [-0.1, -0.05) is 0 Å². The fraction of sp³-hybridized carbons (Fsp3) is 0.333. The number of fused-ring (bicyclic) bond motifs is 2. The van der Waals surface area contributed by atoms with Gasteiger partial charge in [0, 0.05) is 0 Å². The molecule has 0 saturated heterocycles. The van der Waals surface area contributed by atoms with Crippen LogP contribution < -0.4 is 0 Å². The zero-order valence-corrected chi connectivity index (χ0v) is 21.8. The van der Waals surface area contributed by atoms with Crippen molar-refractivity contribution < 1.29 is 16.6 Å². The molecule has 2 atom stereocenters. The van der Waals surface area contributed by atoms with Crippen LogP contribution in [-0.2, 0) is 16.6 Å². The van der Waals surface area contributed by atoms with Gasteiger partial charge in [0.1, 0.15) is 0 Å². The van der Waals surface area contributed by atoms with E-state index in [2.05, 4.69) is 89.3 Å². The van der Waals surface area contributed by atoms with Gasteiger partial charge in [-0.3, -0.25) is 0 Å². The molecule has 0 N–H and O–H groups in total. The van der Waals surface area contributed by atoms with E-state index in [0.717, 1.165) is 8.45 Å². The number of halogens is 2. The fourth-order valence-corrected chi connectivity index (χ4v) is 19.2. The molecule has 0 aliphatic heterocycles. The maximum Gasteiger partial charge on any atom is -0.147 e. The summed E-state index contributed by atoms with van der Waals surface area (Å²) in [5.74, 6) is 0. The topological polar surface area (TPSA) is 0 Å². The first-order chi connectivity index (χ1) is 12.4. The smallest absolute Gasteiger partial charge is 0.147 e. The van der Waals surface area contributed by atoms with E-state index in [1.165, 1.54) is 11.1 Å². The molecule has 0 fully saturated rings. The van der Waals surface area contributed by atoms with Crippen LogP contribution in [0, 0.1) is 0 Å². The molecule has 2 aliphatic rings. The van der Waals surface area contributed by atoms with Crippen LogP contribution in [0.15, 0.2) is 59.7 Å². The van der Waals surface area contributed by atoms with Crippen LogP contribution in [-0.4, -0.2) is 6.19 Å². The second-order valence-electron chi connectivity index (χ2n) is 8.11. The molecular weight excluding hydrogens is 435 g/mol. The fourth-order valence-electron chi connectivity index (χ4n) is 5.05. The number of hydrogen-bond donors (Lipinski definition) is 0. The first-order valence-electron chi connectivity index (χ1n) is 9.64. The molecule has 2 unspecified atom stereocenters. The first kappa shape index (κ1) is 23.7. The van der Waals surface area contributed by atoms with Gasteiger partial charge in [0.2, 0.25) is 0 Å². The molecule has 4 heteroatoms. The summed E-state index contributed by atoms with van der Waals surface area (Å²) >= 11 is -1.45. The van der Waals surface area contributed by atoms with Crippen LogP contribution in [0.5, 0.6) is 0 Å². The van der Waals surface area contributed by atoms with Gasteiger partial charge in [-0.2, -0.15) is 0 Å². The second kappa shape index (κ2) is 9.06. The molecule has 148 valence electrons. The van der Waals surface area contributed by atoms with Gasteiger partial charge in [0.15, 0.2) is 0 Å². The third-order valence-electron chi connectivity index (χ3n) is 6.60. The van der Waals surface area contributed by atoms with Crippen LogP contribution >= 0.6 is 24.8 Å². The Morgan fingerprint density at radius 1 is 0.643 bits per heavy atom. The Balaban J connectivity index is 0.00000140. The summed E-state index contributed by atoms with van der Waals surface area (Å²) in [5, 5.41) is 0. The van der Waals surface area contributed by atoms with E-state index in [9.17, 15) is 0 Å². The van der Waals surface area contributed by atoms with Gasteiger partial charge in [-0.25, -0.2) is 0 Å². The van der Waals surface area contributed by atoms with Crippen molar-refractivity contribution >= 4 is 42.1 Å². The Labute approximate surface area is 189 Å². The minimum absolute atomic E-state index is 0. The second-order valence-corrected chi connectivity index (χ2v) is 20.4. The Kier molecular flexibility index (Phi) is 7.67. The Morgan fingerprint density at radius 3 is 1.36 bits per heavy atom. The van der Waals surface area contributed by atoms with E-state index in [1.807, 2.05) is 0 Å². The standard InChI is InChI=1S/2C11H11.C2H6Si.2ClH.Ti/c2*1-8-7-10-5-3-4-6-11(10)9(8)2;1-3-2;;;/h2*3-7H,1-2H3;1-2H3;2*1H;. The van der Waals surface area contributed by atoms with E-state index in [-0.39, 0.29) is 31.0 Å². The molecule has 0 bridgehead atoms. The third kappa shape index (κ3) is 3.55.